The lowest BCUT2D eigenvalue weighted by Gasteiger charge is -2.10. The highest BCUT2D eigenvalue weighted by Gasteiger charge is 2.17. The molecule has 0 spiro atoms. The van der Waals surface area contributed by atoms with Gasteiger partial charge in [0.2, 0.25) is 0 Å². The van der Waals surface area contributed by atoms with E-state index in [9.17, 15) is 8.78 Å². The van der Waals surface area contributed by atoms with Crippen molar-refractivity contribution in [3.8, 4) is 0 Å². The van der Waals surface area contributed by atoms with Crippen LogP contribution in [0.25, 0.3) is 0 Å². The van der Waals surface area contributed by atoms with Gasteiger partial charge in [0.1, 0.15) is 5.69 Å². The van der Waals surface area contributed by atoms with Crippen molar-refractivity contribution in [1.82, 2.24) is 4.98 Å². The average Bonchev–Trinajstić information content (AvgIpc) is 2.16. The van der Waals surface area contributed by atoms with Crippen molar-refractivity contribution in [3.63, 3.8) is 0 Å². The minimum Gasteiger partial charge on any atom is -0.392 e. The van der Waals surface area contributed by atoms with Gasteiger partial charge in [0, 0.05) is 12.7 Å². The van der Waals surface area contributed by atoms with Gasteiger partial charge in [-0.15, -0.1) is 0 Å². The number of nitrogens with zero attached hydrogens (tertiary/aromatic N) is 1. The zero-order valence-corrected chi connectivity index (χ0v) is 8.76. The van der Waals surface area contributed by atoms with Crippen LogP contribution in [0.1, 0.15) is 23.2 Å². The summed E-state index contributed by atoms with van der Waals surface area (Å²) in [5.74, 6) is 0. The molecule has 0 saturated heterocycles. The van der Waals surface area contributed by atoms with Crippen molar-refractivity contribution in [3.05, 3.63) is 27.5 Å². The SMILES string of the molecule is NCc1cnc(C(F)F)c(Br)c1CO. The van der Waals surface area contributed by atoms with Crippen LogP contribution < -0.4 is 5.73 Å². The minimum atomic E-state index is -2.67. The Hall–Kier alpha value is -0.590. The summed E-state index contributed by atoms with van der Waals surface area (Å²) in [6.45, 7) is -0.180. The number of hydrogen-bond acceptors (Lipinski definition) is 3. The fourth-order valence-corrected chi connectivity index (χ4v) is 1.73. The second-order valence-corrected chi connectivity index (χ2v) is 3.42. The smallest absolute Gasteiger partial charge is 0.281 e. The molecular formula is C8H9BrF2N2O. The van der Waals surface area contributed by atoms with Gasteiger partial charge in [-0.3, -0.25) is 4.98 Å². The second-order valence-electron chi connectivity index (χ2n) is 2.62. The summed E-state index contributed by atoms with van der Waals surface area (Å²) in [5.41, 5.74) is 5.92. The molecule has 0 saturated carbocycles. The van der Waals surface area contributed by atoms with E-state index < -0.39 is 6.43 Å². The zero-order chi connectivity index (χ0) is 10.7. The van der Waals surface area contributed by atoms with Crippen molar-refractivity contribution < 1.29 is 13.9 Å². The number of aliphatic hydroxyl groups is 1. The number of aromatic nitrogens is 1. The summed E-state index contributed by atoms with van der Waals surface area (Å²) >= 11 is 2.98. The van der Waals surface area contributed by atoms with Crippen molar-refractivity contribution in [1.29, 1.82) is 0 Å². The van der Waals surface area contributed by atoms with E-state index >= 15 is 0 Å². The summed E-state index contributed by atoms with van der Waals surface area (Å²) in [6.07, 6.45) is -1.40. The van der Waals surface area contributed by atoms with E-state index in [-0.39, 0.29) is 23.3 Å². The van der Waals surface area contributed by atoms with Crippen LogP contribution in [0.4, 0.5) is 8.78 Å². The topological polar surface area (TPSA) is 59.1 Å². The monoisotopic (exact) mass is 266 g/mol. The molecule has 0 bridgehead atoms. The lowest BCUT2D eigenvalue weighted by Crippen LogP contribution is -2.06. The first kappa shape index (κ1) is 11.5. The molecule has 6 heteroatoms. The maximum atomic E-state index is 12.4. The summed E-state index contributed by atoms with van der Waals surface area (Å²) in [5, 5.41) is 8.98. The number of alkyl halides is 2. The van der Waals surface area contributed by atoms with E-state index in [1.165, 1.54) is 6.20 Å². The van der Waals surface area contributed by atoms with E-state index in [2.05, 4.69) is 20.9 Å². The Morgan fingerprint density at radius 2 is 2.21 bits per heavy atom. The largest absolute Gasteiger partial charge is 0.392 e. The zero-order valence-electron chi connectivity index (χ0n) is 7.17. The van der Waals surface area contributed by atoms with Crippen LogP contribution >= 0.6 is 15.9 Å². The molecule has 14 heavy (non-hydrogen) atoms. The third-order valence-corrected chi connectivity index (χ3v) is 2.71. The fourth-order valence-electron chi connectivity index (χ4n) is 1.08. The highest BCUT2D eigenvalue weighted by Crippen LogP contribution is 2.29. The molecule has 3 nitrogen and oxygen atoms in total. The van der Waals surface area contributed by atoms with Gasteiger partial charge in [0.25, 0.3) is 6.43 Å². The predicted octanol–water partition coefficient (Wildman–Crippen LogP) is 1.73. The number of rotatable bonds is 3. The van der Waals surface area contributed by atoms with Crippen LogP contribution in [0.15, 0.2) is 10.7 Å². The van der Waals surface area contributed by atoms with Crippen LogP contribution in [-0.4, -0.2) is 10.1 Å². The number of aliphatic hydroxyl groups excluding tert-OH is 1. The summed E-state index contributed by atoms with van der Waals surface area (Å²) < 4.78 is 24.9. The summed E-state index contributed by atoms with van der Waals surface area (Å²) in [4.78, 5) is 3.57. The van der Waals surface area contributed by atoms with Gasteiger partial charge in [0.05, 0.1) is 11.1 Å². The molecule has 0 aliphatic heterocycles. The quantitative estimate of drug-likeness (QED) is 0.876. The van der Waals surface area contributed by atoms with Gasteiger partial charge in [-0.1, -0.05) is 0 Å². The molecule has 0 aliphatic carbocycles. The Morgan fingerprint density at radius 1 is 1.57 bits per heavy atom. The number of nitrogens with two attached hydrogens (primary N) is 1. The normalized spacial score (nSPS) is 11.0. The molecule has 0 atom stereocenters. The van der Waals surface area contributed by atoms with Crippen LogP contribution in [0.2, 0.25) is 0 Å². The summed E-state index contributed by atoms with van der Waals surface area (Å²) in [7, 11) is 0. The van der Waals surface area contributed by atoms with E-state index in [1.807, 2.05) is 0 Å². The molecule has 0 aromatic carbocycles. The maximum Gasteiger partial charge on any atom is 0.281 e. The molecule has 3 N–H and O–H groups in total. The average molecular weight is 267 g/mol. The van der Waals surface area contributed by atoms with E-state index in [4.69, 9.17) is 10.8 Å². The Bertz CT molecular complexity index is 333. The Kier molecular flexibility index (Phi) is 3.91. The molecule has 1 aromatic heterocycles. The van der Waals surface area contributed by atoms with Crippen molar-refractivity contribution >= 4 is 15.9 Å². The standard InChI is InChI=1S/C8H9BrF2N2O/c9-6-5(3-14)4(1-12)2-13-7(6)8(10)11/h2,8,14H,1,3,12H2. The van der Waals surface area contributed by atoms with Crippen LogP contribution in [0.5, 0.6) is 0 Å². The van der Waals surface area contributed by atoms with E-state index in [0.717, 1.165) is 0 Å². The molecule has 1 aromatic rings. The molecule has 1 heterocycles. The minimum absolute atomic E-state index is 0.137. The lowest BCUT2D eigenvalue weighted by atomic mass is 10.1. The van der Waals surface area contributed by atoms with Gasteiger partial charge in [-0.25, -0.2) is 8.78 Å². The Balaban J connectivity index is 3.27. The third-order valence-electron chi connectivity index (χ3n) is 1.82. The molecule has 0 aliphatic rings. The van der Waals surface area contributed by atoms with E-state index in [0.29, 0.717) is 11.1 Å². The van der Waals surface area contributed by atoms with Gasteiger partial charge in [0.15, 0.2) is 0 Å². The second kappa shape index (κ2) is 4.77. The number of hydrogen-bond donors (Lipinski definition) is 2. The van der Waals surface area contributed by atoms with E-state index in [1.54, 1.807) is 0 Å². The molecule has 0 radical (unpaired) electrons. The van der Waals surface area contributed by atoms with Crippen LogP contribution in [-0.2, 0) is 13.2 Å². The maximum absolute atomic E-state index is 12.4. The van der Waals surface area contributed by atoms with Crippen LogP contribution in [0.3, 0.4) is 0 Å². The third kappa shape index (κ3) is 2.08. The number of halogens is 3. The molecule has 78 valence electrons. The highest BCUT2D eigenvalue weighted by molar-refractivity contribution is 9.10. The number of pyridine rings is 1. The van der Waals surface area contributed by atoms with Gasteiger partial charge in [-0.2, -0.15) is 0 Å². The first-order chi connectivity index (χ1) is 6.61. The summed E-state index contributed by atoms with van der Waals surface area (Å²) in [6, 6.07) is 0. The molecule has 0 amide bonds. The molecule has 0 unspecified atom stereocenters. The highest BCUT2D eigenvalue weighted by atomic mass is 79.9. The Labute approximate surface area is 88.1 Å². The van der Waals surface area contributed by atoms with Gasteiger partial charge < -0.3 is 10.8 Å². The molecular weight excluding hydrogens is 258 g/mol. The first-order valence-corrected chi connectivity index (χ1v) is 4.66. The fraction of sp³-hybridized carbons (Fsp3) is 0.375. The van der Waals surface area contributed by atoms with Crippen molar-refractivity contribution in [2.45, 2.75) is 19.6 Å². The predicted molar refractivity (Wildman–Crippen MR) is 50.7 cm³/mol. The lowest BCUT2D eigenvalue weighted by molar-refractivity contribution is 0.144. The van der Waals surface area contributed by atoms with Gasteiger partial charge >= 0.3 is 0 Å². The van der Waals surface area contributed by atoms with Crippen LogP contribution in [0, 0.1) is 0 Å². The first-order valence-electron chi connectivity index (χ1n) is 3.87. The van der Waals surface area contributed by atoms with Gasteiger partial charge in [-0.05, 0) is 27.1 Å². The van der Waals surface area contributed by atoms with Crippen molar-refractivity contribution in [2.75, 3.05) is 0 Å². The van der Waals surface area contributed by atoms with Crippen molar-refractivity contribution in [2.24, 2.45) is 5.73 Å². The molecule has 0 fully saturated rings. The molecule has 1 rings (SSSR count). The Morgan fingerprint density at radius 3 is 2.64 bits per heavy atom.